The summed E-state index contributed by atoms with van der Waals surface area (Å²) < 4.78 is 4.82. The number of allylic oxidation sites excluding steroid dienone is 6. The van der Waals surface area contributed by atoms with Crippen molar-refractivity contribution < 1.29 is 9.53 Å². The van der Waals surface area contributed by atoms with Crippen LogP contribution >= 0.6 is 11.8 Å². The van der Waals surface area contributed by atoms with E-state index < -0.39 is 0 Å². The van der Waals surface area contributed by atoms with Crippen LogP contribution in [-0.2, 0) is 14.3 Å². The number of thioether (sulfide) groups is 1. The van der Waals surface area contributed by atoms with Gasteiger partial charge in [0.05, 0.1) is 22.7 Å². The second kappa shape index (κ2) is 13.7. The number of hydrogen-bond donors (Lipinski definition) is 1. The summed E-state index contributed by atoms with van der Waals surface area (Å²) in [6.45, 7) is 9.13. The van der Waals surface area contributed by atoms with Crippen LogP contribution in [0, 0.1) is 11.8 Å². The Morgan fingerprint density at radius 3 is 2.18 bits per heavy atom. The number of carbonyl (C=O) groups excluding carboxylic acids is 1. The molecular weight excluding hydrogens is 500 g/mol. The molecule has 2 atom stereocenters. The monoisotopic (exact) mass is 540 g/mol. The number of ether oxygens (including phenoxy) is 1. The van der Waals surface area contributed by atoms with E-state index in [1.54, 1.807) is 13.8 Å². The van der Waals surface area contributed by atoms with E-state index in [-0.39, 0.29) is 10.7 Å². The van der Waals surface area contributed by atoms with Crippen LogP contribution in [0.25, 0.3) is 0 Å². The Hall–Kier alpha value is -3.31. The Bertz CT molecular complexity index is 1250. The molecule has 0 amide bonds. The molecule has 0 spiro atoms. The van der Waals surface area contributed by atoms with Crippen LogP contribution in [0.2, 0.25) is 0 Å². The Balaban J connectivity index is 1.60. The van der Waals surface area contributed by atoms with Gasteiger partial charge in [0.2, 0.25) is 0 Å². The van der Waals surface area contributed by atoms with Crippen molar-refractivity contribution in [1.29, 1.82) is 0 Å². The molecule has 5 heteroatoms. The van der Waals surface area contributed by atoms with E-state index in [2.05, 4.69) is 90.9 Å². The lowest BCUT2D eigenvalue weighted by atomic mass is 9.78. The van der Waals surface area contributed by atoms with Gasteiger partial charge in [-0.2, -0.15) is 0 Å². The Labute approximate surface area is 238 Å². The minimum atomic E-state index is -0.387. The molecule has 2 unspecified atom stereocenters. The second-order valence-electron chi connectivity index (χ2n) is 10.2. The van der Waals surface area contributed by atoms with Gasteiger partial charge in [0, 0.05) is 12.3 Å². The number of hydrogen-bond acceptors (Lipinski definition) is 5. The van der Waals surface area contributed by atoms with Gasteiger partial charge in [0.15, 0.2) is 0 Å². The van der Waals surface area contributed by atoms with E-state index in [1.807, 2.05) is 36.0 Å². The van der Waals surface area contributed by atoms with Crippen LogP contribution in [0.15, 0.2) is 107 Å². The van der Waals surface area contributed by atoms with E-state index in [9.17, 15) is 4.79 Å². The number of aliphatic imine (C=N–C) groups is 1. The number of rotatable bonds is 11. The van der Waals surface area contributed by atoms with Gasteiger partial charge >= 0.3 is 5.97 Å². The van der Waals surface area contributed by atoms with Gasteiger partial charge in [-0.15, -0.1) is 11.8 Å². The first kappa shape index (κ1) is 28.7. The fourth-order valence-corrected chi connectivity index (χ4v) is 6.42. The van der Waals surface area contributed by atoms with Crippen molar-refractivity contribution in [2.75, 3.05) is 24.2 Å². The van der Waals surface area contributed by atoms with E-state index in [0.717, 1.165) is 36.5 Å². The van der Waals surface area contributed by atoms with E-state index in [4.69, 9.17) is 4.74 Å². The van der Waals surface area contributed by atoms with Crippen molar-refractivity contribution >= 4 is 34.8 Å². The van der Waals surface area contributed by atoms with E-state index in [1.165, 1.54) is 16.7 Å². The maximum Gasteiger partial charge on any atom is 0.352 e. The van der Waals surface area contributed by atoms with Gasteiger partial charge in [-0.25, -0.2) is 9.79 Å². The lowest BCUT2D eigenvalue weighted by molar-refractivity contribution is -0.135. The Morgan fingerprint density at radius 1 is 0.974 bits per heavy atom. The summed E-state index contributed by atoms with van der Waals surface area (Å²) in [6.07, 6.45) is 16.4. The molecule has 39 heavy (non-hydrogen) atoms. The van der Waals surface area contributed by atoms with Gasteiger partial charge in [-0.05, 0) is 67.4 Å². The summed E-state index contributed by atoms with van der Waals surface area (Å²) in [6, 6.07) is 18.8. The SMILES string of the molecule is CCOC(=O)C(C)=Nc1ccccc1NCCSC(C1=CCC(C)C=C1)(C1=CCC(C)C=C1)c1ccccc1. The third-order valence-corrected chi connectivity index (χ3v) is 8.67. The lowest BCUT2D eigenvalue weighted by Crippen LogP contribution is -2.29. The number of esters is 1. The number of para-hydroxylation sites is 2. The largest absolute Gasteiger partial charge is 0.462 e. The highest BCUT2D eigenvalue weighted by molar-refractivity contribution is 8.00. The van der Waals surface area contributed by atoms with Gasteiger partial charge in [-0.3, -0.25) is 0 Å². The maximum atomic E-state index is 12.1. The highest BCUT2D eigenvalue weighted by atomic mass is 32.2. The molecule has 0 saturated carbocycles. The standard InChI is InChI=1S/C34H40N2O2S/c1-5-38-33(37)27(4)36-32-14-10-9-13-31(32)35-23-24-39-34(28-11-7-6-8-12-28,29-19-15-25(2)16-20-29)30-21-17-26(3)18-22-30/h6-15,17,19-22,25-26,35H,5,16,18,23-24H2,1-4H3. The maximum absolute atomic E-state index is 12.1. The highest BCUT2D eigenvalue weighted by Crippen LogP contribution is 2.52. The molecule has 0 bridgehead atoms. The zero-order valence-electron chi connectivity index (χ0n) is 23.5. The molecular formula is C34H40N2O2S. The third kappa shape index (κ3) is 7.02. The molecule has 2 aliphatic carbocycles. The molecule has 0 fully saturated rings. The molecule has 0 radical (unpaired) electrons. The van der Waals surface area contributed by atoms with Crippen LogP contribution in [0.5, 0.6) is 0 Å². The summed E-state index contributed by atoms with van der Waals surface area (Å²) in [4.78, 5) is 16.7. The second-order valence-corrected chi connectivity index (χ2v) is 11.5. The Morgan fingerprint density at radius 2 is 1.59 bits per heavy atom. The van der Waals surface area contributed by atoms with E-state index in [0.29, 0.717) is 24.2 Å². The summed E-state index contributed by atoms with van der Waals surface area (Å²) >= 11 is 1.98. The molecule has 0 aliphatic heterocycles. The fraction of sp³-hybridized carbons (Fsp3) is 0.353. The van der Waals surface area contributed by atoms with Crippen LogP contribution < -0.4 is 5.32 Å². The molecule has 0 aromatic heterocycles. The van der Waals surface area contributed by atoms with Crippen LogP contribution in [-0.4, -0.2) is 30.6 Å². The Kier molecular flexibility index (Phi) is 10.0. The normalized spacial score (nSPS) is 20.6. The average molecular weight is 541 g/mol. The summed E-state index contributed by atoms with van der Waals surface area (Å²) in [5, 5.41) is 3.58. The van der Waals surface area contributed by atoms with Gasteiger partial charge in [-0.1, -0.05) is 92.8 Å². The molecule has 0 saturated heterocycles. The molecule has 4 nitrogen and oxygen atoms in total. The van der Waals surface area contributed by atoms with Gasteiger partial charge in [0.1, 0.15) is 5.71 Å². The molecule has 1 N–H and O–H groups in total. The number of nitrogens with one attached hydrogen (secondary N) is 1. The quantitative estimate of drug-likeness (QED) is 0.177. The molecule has 4 rings (SSSR count). The first-order valence-electron chi connectivity index (χ1n) is 14.0. The van der Waals surface area contributed by atoms with Crippen LogP contribution in [0.3, 0.4) is 0 Å². The van der Waals surface area contributed by atoms with Crippen molar-refractivity contribution in [2.45, 2.75) is 45.3 Å². The van der Waals surface area contributed by atoms with Crippen molar-refractivity contribution in [3.63, 3.8) is 0 Å². The molecule has 0 heterocycles. The first-order valence-corrected chi connectivity index (χ1v) is 14.9. The van der Waals surface area contributed by atoms with Gasteiger partial charge < -0.3 is 10.1 Å². The highest BCUT2D eigenvalue weighted by Gasteiger charge is 2.39. The van der Waals surface area contributed by atoms with Crippen molar-refractivity contribution in [1.82, 2.24) is 0 Å². The molecule has 204 valence electrons. The number of nitrogens with zero attached hydrogens (tertiary/aromatic N) is 1. The van der Waals surface area contributed by atoms with Crippen LogP contribution in [0.1, 0.15) is 46.1 Å². The van der Waals surface area contributed by atoms with E-state index >= 15 is 0 Å². The van der Waals surface area contributed by atoms with Crippen molar-refractivity contribution in [2.24, 2.45) is 16.8 Å². The zero-order chi connectivity index (χ0) is 27.7. The summed E-state index contributed by atoms with van der Waals surface area (Å²) in [7, 11) is 0. The predicted molar refractivity (Wildman–Crippen MR) is 167 cm³/mol. The lowest BCUT2D eigenvalue weighted by Gasteiger charge is -2.39. The number of benzene rings is 2. The number of anilines is 1. The minimum absolute atomic E-state index is 0.283. The first-order chi connectivity index (χ1) is 18.9. The molecule has 2 aromatic carbocycles. The minimum Gasteiger partial charge on any atom is -0.462 e. The third-order valence-electron chi connectivity index (χ3n) is 7.12. The zero-order valence-corrected chi connectivity index (χ0v) is 24.3. The molecule has 2 aromatic rings. The molecule has 2 aliphatic rings. The topological polar surface area (TPSA) is 50.7 Å². The smallest absolute Gasteiger partial charge is 0.352 e. The number of carbonyl (C=O) groups is 1. The van der Waals surface area contributed by atoms with Gasteiger partial charge in [0.25, 0.3) is 0 Å². The summed E-state index contributed by atoms with van der Waals surface area (Å²) in [5.74, 6) is 1.60. The average Bonchev–Trinajstić information content (AvgIpc) is 2.96. The van der Waals surface area contributed by atoms with Crippen molar-refractivity contribution in [3.8, 4) is 0 Å². The van der Waals surface area contributed by atoms with Crippen LogP contribution in [0.4, 0.5) is 11.4 Å². The summed E-state index contributed by atoms with van der Waals surface area (Å²) in [5.41, 5.74) is 6.01. The fourth-order valence-electron chi connectivity index (χ4n) is 4.97. The predicted octanol–water partition coefficient (Wildman–Crippen LogP) is 8.43. The van der Waals surface area contributed by atoms with Crippen molar-refractivity contribution in [3.05, 3.63) is 108 Å².